The van der Waals surface area contributed by atoms with Gasteiger partial charge < -0.3 is 4.57 Å². The molecule has 2 heterocycles. The Morgan fingerprint density at radius 1 is 0.397 bits per heavy atom. The van der Waals surface area contributed by atoms with Gasteiger partial charge in [-0.05, 0) is 98.8 Å². The van der Waals surface area contributed by atoms with E-state index in [1.54, 1.807) is 0 Å². The molecule has 11 rings (SSSR count). The van der Waals surface area contributed by atoms with Gasteiger partial charge in [0.25, 0.3) is 0 Å². The zero-order chi connectivity index (χ0) is 39.6. The van der Waals surface area contributed by atoms with E-state index < -0.39 is 0 Å². The lowest BCUT2D eigenvalue weighted by atomic mass is 9.63. The first-order chi connectivity index (χ1) is 28.0. The fourth-order valence-electron chi connectivity index (χ4n) is 10.2. The molecule has 0 atom stereocenters. The lowest BCUT2D eigenvalue weighted by Gasteiger charge is -2.42. The van der Waals surface area contributed by atoms with Crippen molar-refractivity contribution in [1.82, 2.24) is 19.5 Å². The Labute approximate surface area is 340 Å². The Morgan fingerprint density at radius 3 is 1.78 bits per heavy atom. The van der Waals surface area contributed by atoms with Crippen LogP contribution in [-0.4, -0.2) is 19.5 Å². The van der Waals surface area contributed by atoms with Crippen molar-refractivity contribution < 1.29 is 0 Å². The fourth-order valence-corrected chi connectivity index (χ4v) is 10.2. The summed E-state index contributed by atoms with van der Waals surface area (Å²) in [7, 11) is 0. The molecule has 9 aromatic rings. The molecule has 7 aromatic carbocycles. The number of rotatable bonds is 4. The molecule has 0 N–H and O–H groups in total. The second-order valence-electron chi connectivity index (χ2n) is 18.3. The fraction of sp³-hybridized carbons (Fsp3) is 0.204. The van der Waals surface area contributed by atoms with Crippen molar-refractivity contribution in [3.63, 3.8) is 0 Å². The van der Waals surface area contributed by atoms with Gasteiger partial charge in [-0.3, -0.25) is 0 Å². The third-order valence-electron chi connectivity index (χ3n) is 13.5. The van der Waals surface area contributed by atoms with Gasteiger partial charge in [0.1, 0.15) is 0 Å². The Bertz CT molecular complexity index is 3150. The average Bonchev–Trinajstić information content (AvgIpc) is 3.69. The molecule has 0 unspecified atom stereocenters. The minimum atomic E-state index is -0.0763. The minimum absolute atomic E-state index is 0.0763. The zero-order valence-electron chi connectivity index (χ0n) is 34.1. The van der Waals surface area contributed by atoms with Gasteiger partial charge in [-0.2, -0.15) is 0 Å². The Hall–Kier alpha value is -6.39. The highest BCUT2D eigenvalue weighted by atomic mass is 15.0. The summed E-state index contributed by atoms with van der Waals surface area (Å²) in [5.41, 5.74) is 14.8. The van der Waals surface area contributed by atoms with E-state index >= 15 is 0 Å². The second kappa shape index (κ2) is 12.3. The van der Waals surface area contributed by atoms with Crippen molar-refractivity contribution in [2.45, 2.75) is 70.6 Å². The molecule has 2 aliphatic rings. The molecular weight excluding hydrogens is 705 g/mol. The number of hydrogen-bond donors (Lipinski definition) is 0. The molecule has 0 saturated heterocycles. The SMILES string of the molecule is CC1(C)CCC(C)(C)c2cc3c(cc21)c1ccccc1n3-c1ccc(-c2nc(-c3ccccc3)nc(-c3ccc4c(c3)-c3ccccc3C4(C)C)n2)c2ccccc12. The summed E-state index contributed by atoms with van der Waals surface area (Å²) in [6, 6.07) is 52.9. The van der Waals surface area contributed by atoms with Gasteiger partial charge in [0.15, 0.2) is 17.5 Å². The van der Waals surface area contributed by atoms with E-state index in [9.17, 15) is 0 Å². The molecule has 4 heteroatoms. The molecule has 0 fully saturated rings. The highest BCUT2D eigenvalue weighted by molar-refractivity contribution is 6.12. The second-order valence-corrected chi connectivity index (χ2v) is 18.3. The molecule has 2 aliphatic carbocycles. The summed E-state index contributed by atoms with van der Waals surface area (Å²) >= 11 is 0. The first-order valence-electron chi connectivity index (χ1n) is 20.7. The van der Waals surface area contributed by atoms with Crippen LogP contribution >= 0.6 is 0 Å². The van der Waals surface area contributed by atoms with Crippen LogP contribution in [0.15, 0.2) is 146 Å². The van der Waals surface area contributed by atoms with Crippen LogP contribution in [0, 0.1) is 0 Å². The molecule has 0 radical (unpaired) electrons. The normalized spacial score (nSPS) is 16.0. The Balaban J connectivity index is 1.13. The van der Waals surface area contributed by atoms with Crippen molar-refractivity contribution >= 4 is 32.6 Å². The van der Waals surface area contributed by atoms with E-state index in [1.165, 1.54) is 68.0 Å². The van der Waals surface area contributed by atoms with Crippen LogP contribution in [0.1, 0.15) is 76.6 Å². The maximum absolute atomic E-state index is 5.31. The van der Waals surface area contributed by atoms with Gasteiger partial charge in [-0.25, -0.2) is 15.0 Å². The van der Waals surface area contributed by atoms with Crippen LogP contribution in [0.3, 0.4) is 0 Å². The van der Waals surface area contributed by atoms with Crippen LogP contribution < -0.4 is 0 Å². The number of benzene rings is 7. The van der Waals surface area contributed by atoms with E-state index in [-0.39, 0.29) is 16.2 Å². The van der Waals surface area contributed by atoms with Gasteiger partial charge in [0.2, 0.25) is 0 Å². The molecule has 0 aliphatic heterocycles. The first kappa shape index (κ1) is 34.8. The highest BCUT2D eigenvalue weighted by Crippen LogP contribution is 2.51. The molecule has 4 nitrogen and oxygen atoms in total. The van der Waals surface area contributed by atoms with E-state index in [1.807, 2.05) is 18.2 Å². The van der Waals surface area contributed by atoms with Crippen LogP contribution in [-0.2, 0) is 16.2 Å². The lowest BCUT2D eigenvalue weighted by Crippen LogP contribution is -2.33. The number of aromatic nitrogens is 4. The van der Waals surface area contributed by atoms with Gasteiger partial charge in [-0.15, -0.1) is 0 Å². The number of nitrogens with zero attached hydrogens (tertiary/aromatic N) is 4. The van der Waals surface area contributed by atoms with Crippen LogP contribution in [0.4, 0.5) is 0 Å². The molecule has 0 saturated carbocycles. The third-order valence-corrected chi connectivity index (χ3v) is 13.5. The number of para-hydroxylation sites is 1. The number of hydrogen-bond acceptors (Lipinski definition) is 3. The van der Waals surface area contributed by atoms with E-state index in [0.717, 1.165) is 33.2 Å². The van der Waals surface area contributed by atoms with E-state index in [0.29, 0.717) is 17.5 Å². The molecule has 58 heavy (non-hydrogen) atoms. The standard InChI is InChI=1S/C54H46N4/c1-52(2)28-29-53(3,4)45-32-48-41(31-44(45)52)38-21-13-15-23-46(38)58(48)47-27-25-39(35-18-10-11-20-37(35)47)51-56-49(33-16-8-7-9-17-33)55-50(57-51)34-24-26-43-40(30-34)36-19-12-14-22-42(36)54(43,5)6/h7-27,30-32H,28-29H2,1-6H3. The largest absolute Gasteiger partial charge is 0.309 e. The van der Waals surface area contributed by atoms with Crippen molar-refractivity contribution in [1.29, 1.82) is 0 Å². The Morgan fingerprint density at radius 2 is 1.00 bits per heavy atom. The lowest BCUT2D eigenvalue weighted by molar-refractivity contribution is 0.332. The monoisotopic (exact) mass is 750 g/mol. The minimum Gasteiger partial charge on any atom is -0.309 e. The maximum atomic E-state index is 5.31. The van der Waals surface area contributed by atoms with Crippen molar-refractivity contribution in [3.05, 3.63) is 168 Å². The van der Waals surface area contributed by atoms with Crippen LogP contribution in [0.25, 0.3) is 83.6 Å². The highest BCUT2D eigenvalue weighted by Gasteiger charge is 2.38. The van der Waals surface area contributed by atoms with Crippen molar-refractivity contribution in [3.8, 4) is 51.0 Å². The van der Waals surface area contributed by atoms with Gasteiger partial charge >= 0.3 is 0 Å². The molecular formula is C54H46N4. The topological polar surface area (TPSA) is 43.6 Å². The van der Waals surface area contributed by atoms with Crippen molar-refractivity contribution in [2.75, 3.05) is 0 Å². The summed E-state index contributed by atoms with van der Waals surface area (Å²) in [4.78, 5) is 15.7. The third kappa shape index (κ3) is 5.10. The zero-order valence-corrected chi connectivity index (χ0v) is 34.1. The van der Waals surface area contributed by atoms with Crippen LogP contribution in [0.2, 0.25) is 0 Å². The molecule has 0 spiro atoms. The van der Waals surface area contributed by atoms with Gasteiger partial charge in [0, 0.05) is 38.3 Å². The summed E-state index contributed by atoms with van der Waals surface area (Å²) in [5.74, 6) is 1.99. The molecule has 282 valence electrons. The molecule has 0 bridgehead atoms. The van der Waals surface area contributed by atoms with Gasteiger partial charge in [-0.1, -0.05) is 151 Å². The smallest absolute Gasteiger partial charge is 0.164 e. The summed E-state index contributed by atoms with van der Waals surface area (Å²) < 4.78 is 2.49. The quantitative estimate of drug-likeness (QED) is 0.180. The predicted molar refractivity (Wildman–Crippen MR) is 241 cm³/mol. The molecule has 2 aromatic heterocycles. The van der Waals surface area contributed by atoms with Crippen molar-refractivity contribution in [2.24, 2.45) is 0 Å². The summed E-state index contributed by atoms with van der Waals surface area (Å²) in [6.07, 6.45) is 2.36. The maximum Gasteiger partial charge on any atom is 0.164 e. The summed E-state index contributed by atoms with van der Waals surface area (Å²) in [6.45, 7) is 14.3. The number of fused-ring (bicyclic) bond motifs is 8. The van der Waals surface area contributed by atoms with Gasteiger partial charge in [0.05, 0.1) is 16.7 Å². The Kier molecular flexibility index (Phi) is 7.39. The average molecular weight is 751 g/mol. The van der Waals surface area contributed by atoms with E-state index in [4.69, 9.17) is 15.0 Å². The van der Waals surface area contributed by atoms with Crippen LogP contribution in [0.5, 0.6) is 0 Å². The van der Waals surface area contributed by atoms with E-state index in [2.05, 4.69) is 174 Å². The molecule has 0 amide bonds. The predicted octanol–water partition coefficient (Wildman–Crippen LogP) is 13.8. The summed E-state index contributed by atoms with van der Waals surface area (Å²) in [5, 5.41) is 4.84. The first-order valence-corrected chi connectivity index (χ1v) is 20.7.